The monoisotopic (exact) mass is 459 g/mol. The average molecular weight is 460 g/mol. The third-order valence-electron chi connectivity index (χ3n) is 5.42. The summed E-state index contributed by atoms with van der Waals surface area (Å²) in [6.07, 6.45) is 1.26. The Balaban J connectivity index is 1.31. The van der Waals surface area contributed by atoms with Gasteiger partial charge in [0.15, 0.2) is 16.6 Å². The van der Waals surface area contributed by atoms with Gasteiger partial charge in [-0.2, -0.15) is 4.31 Å². The zero-order chi connectivity index (χ0) is 21.4. The zero-order valence-electron chi connectivity index (χ0n) is 16.6. The Labute approximate surface area is 183 Å². The Morgan fingerprint density at radius 1 is 1.13 bits per heavy atom. The van der Waals surface area contributed by atoms with Crippen LogP contribution < -0.4 is 14.8 Å². The molecule has 0 radical (unpaired) electrons. The largest absolute Gasteiger partial charge is 0.486 e. The molecule has 162 valence electrons. The summed E-state index contributed by atoms with van der Waals surface area (Å²) in [6.45, 7) is 1.57. The predicted octanol–water partition coefficient (Wildman–Crippen LogP) is 3.11. The molecule has 1 amide bonds. The van der Waals surface area contributed by atoms with Gasteiger partial charge in [0.2, 0.25) is 15.9 Å². The van der Waals surface area contributed by atoms with Crippen molar-refractivity contribution in [1.82, 2.24) is 9.29 Å². The van der Waals surface area contributed by atoms with E-state index in [-0.39, 0.29) is 17.3 Å². The number of amides is 1. The molecule has 31 heavy (non-hydrogen) atoms. The minimum absolute atomic E-state index is 0.157. The van der Waals surface area contributed by atoms with Gasteiger partial charge >= 0.3 is 0 Å². The van der Waals surface area contributed by atoms with E-state index < -0.39 is 15.9 Å². The van der Waals surface area contributed by atoms with Crippen molar-refractivity contribution in [2.24, 2.45) is 5.92 Å². The van der Waals surface area contributed by atoms with Crippen LogP contribution in [0.4, 0.5) is 5.13 Å². The van der Waals surface area contributed by atoms with Gasteiger partial charge in [0.25, 0.3) is 0 Å². The molecule has 1 unspecified atom stereocenters. The van der Waals surface area contributed by atoms with Crippen LogP contribution in [-0.2, 0) is 14.8 Å². The number of piperidine rings is 1. The summed E-state index contributed by atoms with van der Waals surface area (Å²) in [5.41, 5.74) is 0.724. The summed E-state index contributed by atoms with van der Waals surface area (Å²) in [5, 5.41) is 3.35. The lowest BCUT2D eigenvalue weighted by Crippen LogP contribution is -2.43. The number of hydrogen-bond donors (Lipinski definition) is 1. The molecule has 1 N–H and O–H groups in total. The van der Waals surface area contributed by atoms with E-state index in [2.05, 4.69) is 10.3 Å². The lowest BCUT2D eigenvalue weighted by molar-refractivity contribution is -0.120. The number of thiazole rings is 1. The van der Waals surface area contributed by atoms with Crippen molar-refractivity contribution < 1.29 is 22.7 Å². The van der Waals surface area contributed by atoms with Gasteiger partial charge in [0.05, 0.1) is 21.0 Å². The highest BCUT2D eigenvalue weighted by molar-refractivity contribution is 7.89. The van der Waals surface area contributed by atoms with Crippen LogP contribution in [0.15, 0.2) is 47.4 Å². The van der Waals surface area contributed by atoms with Gasteiger partial charge in [-0.05, 0) is 25.0 Å². The normalized spacial score (nSPS) is 19.3. The highest BCUT2D eigenvalue weighted by atomic mass is 32.2. The van der Waals surface area contributed by atoms with Crippen LogP contribution in [0, 0.1) is 5.92 Å². The first-order valence-electron chi connectivity index (χ1n) is 10.1. The summed E-state index contributed by atoms with van der Waals surface area (Å²) < 4.78 is 39.3. The van der Waals surface area contributed by atoms with Gasteiger partial charge in [0, 0.05) is 25.2 Å². The van der Waals surface area contributed by atoms with Crippen molar-refractivity contribution in [3.8, 4) is 11.5 Å². The third-order valence-corrected chi connectivity index (χ3v) is 8.23. The van der Waals surface area contributed by atoms with Crippen molar-refractivity contribution in [2.75, 3.05) is 31.6 Å². The molecule has 1 fully saturated rings. The molecular weight excluding hydrogens is 438 g/mol. The van der Waals surface area contributed by atoms with Gasteiger partial charge in [-0.3, -0.25) is 4.79 Å². The smallest absolute Gasteiger partial charge is 0.243 e. The molecular formula is C21H21N3O5S2. The number of sulfonamides is 1. The Kier molecular flexibility index (Phi) is 5.28. The van der Waals surface area contributed by atoms with Gasteiger partial charge in [-0.15, -0.1) is 0 Å². The molecule has 2 aromatic carbocycles. The first kappa shape index (κ1) is 20.2. The number of nitrogens with zero attached hydrogens (tertiary/aromatic N) is 2. The Hall–Kier alpha value is -2.69. The Bertz CT molecular complexity index is 1180. The standard InChI is InChI=1S/C21H21N3O5S2/c25-20(14-5-4-8-24(13-14)31(26,27)15-6-2-1-3-7-15)23-21-22-16-11-17-18(12-19(16)30-21)29-10-9-28-17/h1-3,6-7,11-12,14H,4-5,8-10,13H2,(H,22,23,25). The van der Waals surface area contributed by atoms with Crippen molar-refractivity contribution in [3.63, 3.8) is 0 Å². The van der Waals surface area contributed by atoms with E-state index >= 15 is 0 Å². The number of carbonyl (C=O) groups is 1. The molecule has 10 heteroatoms. The number of ether oxygens (including phenoxy) is 2. The number of hydrogen-bond acceptors (Lipinski definition) is 7. The van der Waals surface area contributed by atoms with Crippen LogP contribution in [0.2, 0.25) is 0 Å². The van der Waals surface area contributed by atoms with Crippen molar-refractivity contribution in [1.29, 1.82) is 0 Å². The maximum atomic E-state index is 12.9. The molecule has 0 spiro atoms. The quantitative estimate of drug-likeness (QED) is 0.644. The zero-order valence-corrected chi connectivity index (χ0v) is 18.2. The minimum Gasteiger partial charge on any atom is -0.486 e. The molecule has 0 bridgehead atoms. The maximum absolute atomic E-state index is 12.9. The number of aromatic nitrogens is 1. The van der Waals surface area contributed by atoms with Crippen LogP contribution in [0.3, 0.4) is 0 Å². The number of carbonyl (C=O) groups excluding carboxylic acids is 1. The number of anilines is 1. The topological polar surface area (TPSA) is 97.8 Å². The average Bonchev–Trinajstić information content (AvgIpc) is 3.19. The molecule has 2 aliphatic heterocycles. The lowest BCUT2D eigenvalue weighted by Gasteiger charge is -2.31. The van der Waals surface area contributed by atoms with E-state index in [4.69, 9.17) is 9.47 Å². The van der Waals surface area contributed by atoms with Crippen molar-refractivity contribution >= 4 is 42.6 Å². The second kappa shape index (κ2) is 8.10. The number of rotatable bonds is 4. The summed E-state index contributed by atoms with van der Waals surface area (Å²) in [4.78, 5) is 17.6. The molecule has 3 aromatic rings. The van der Waals surface area contributed by atoms with Crippen LogP contribution in [0.1, 0.15) is 12.8 Å². The van der Waals surface area contributed by atoms with E-state index in [0.717, 1.165) is 10.2 Å². The maximum Gasteiger partial charge on any atom is 0.243 e. The molecule has 1 saturated heterocycles. The van der Waals surface area contributed by atoms with Gasteiger partial charge in [-0.1, -0.05) is 29.5 Å². The van der Waals surface area contributed by atoms with E-state index in [1.165, 1.54) is 15.6 Å². The van der Waals surface area contributed by atoms with Crippen molar-refractivity contribution in [3.05, 3.63) is 42.5 Å². The highest BCUT2D eigenvalue weighted by Crippen LogP contribution is 2.38. The number of fused-ring (bicyclic) bond motifs is 2. The van der Waals surface area contributed by atoms with E-state index in [9.17, 15) is 13.2 Å². The van der Waals surface area contributed by atoms with Crippen LogP contribution in [0.5, 0.6) is 11.5 Å². The Morgan fingerprint density at radius 3 is 2.65 bits per heavy atom. The summed E-state index contributed by atoms with van der Waals surface area (Å²) in [5.74, 6) is 0.675. The van der Waals surface area contributed by atoms with E-state index in [0.29, 0.717) is 49.2 Å². The molecule has 0 aliphatic carbocycles. The van der Waals surface area contributed by atoms with E-state index in [1.807, 2.05) is 12.1 Å². The summed E-state index contributed by atoms with van der Waals surface area (Å²) >= 11 is 1.36. The molecule has 8 nitrogen and oxygen atoms in total. The van der Waals surface area contributed by atoms with Gasteiger partial charge < -0.3 is 14.8 Å². The van der Waals surface area contributed by atoms with E-state index in [1.54, 1.807) is 30.3 Å². The second-order valence-electron chi connectivity index (χ2n) is 7.49. The molecule has 2 aliphatic rings. The first-order chi connectivity index (χ1) is 15.0. The molecule has 0 saturated carbocycles. The van der Waals surface area contributed by atoms with Crippen molar-refractivity contribution in [2.45, 2.75) is 17.7 Å². The summed E-state index contributed by atoms with van der Waals surface area (Å²) in [7, 11) is -3.62. The third kappa shape index (κ3) is 3.98. The fraction of sp³-hybridized carbons (Fsp3) is 0.333. The highest BCUT2D eigenvalue weighted by Gasteiger charge is 2.33. The van der Waals surface area contributed by atoms with Gasteiger partial charge in [-0.25, -0.2) is 13.4 Å². The fourth-order valence-corrected chi connectivity index (χ4v) is 6.27. The number of nitrogens with one attached hydrogen (secondary N) is 1. The number of benzene rings is 2. The molecule has 1 atom stereocenters. The SMILES string of the molecule is O=C(Nc1nc2cc3c(cc2s1)OCCO3)C1CCCN(S(=O)(=O)c2ccccc2)C1. The second-order valence-corrected chi connectivity index (χ2v) is 10.5. The molecule has 1 aromatic heterocycles. The van der Waals surface area contributed by atoms with Gasteiger partial charge in [0.1, 0.15) is 13.2 Å². The molecule has 3 heterocycles. The minimum atomic E-state index is -3.62. The molecule has 5 rings (SSSR count). The van der Waals surface area contributed by atoms with Crippen LogP contribution >= 0.6 is 11.3 Å². The predicted molar refractivity (Wildman–Crippen MR) is 117 cm³/mol. The lowest BCUT2D eigenvalue weighted by atomic mass is 9.99. The fourth-order valence-electron chi connectivity index (χ4n) is 3.84. The summed E-state index contributed by atoms with van der Waals surface area (Å²) in [6, 6.07) is 12.0. The van der Waals surface area contributed by atoms with Crippen LogP contribution in [-0.4, -0.2) is 49.9 Å². The Morgan fingerprint density at radius 2 is 1.87 bits per heavy atom. The first-order valence-corrected chi connectivity index (χ1v) is 12.3. The van der Waals surface area contributed by atoms with Crippen LogP contribution in [0.25, 0.3) is 10.2 Å².